The highest BCUT2D eigenvalue weighted by atomic mass is 19.4. The maximum atomic E-state index is 12.6. The number of hydrogen-bond donors (Lipinski definition) is 2. The summed E-state index contributed by atoms with van der Waals surface area (Å²) in [5.41, 5.74) is 0.561. The zero-order valence-electron chi connectivity index (χ0n) is 13.4. The Bertz CT molecular complexity index is 817. The number of H-pyrrole nitrogens is 1. The zero-order valence-corrected chi connectivity index (χ0v) is 13.4. The first-order valence-electron chi connectivity index (χ1n) is 8.05. The number of hydrogen-bond acceptors (Lipinski definition) is 4. The Kier molecular flexibility index (Phi) is 3.64. The monoisotopic (exact) mass is 354 g/mol. The molecular weight excluding hydrogens is 337 g/mol. The summed E-state index contributed by atoms with van der Waals surface area (Å²) >= 11 is 0. The Hall–Kier alpha value is -2.29. The third-order valence-electron chi connectivity index (χ3n) is 5.12. The molecule has 1 saturated heterocycles. The van der Waals surface area contributed by atoms with Gasteiger partial charge in [-0.3, -0.25) is 9.89 Å². The van der Waals surface area contributed by atoms with Crippen molar-refractivity contribution in [2.24, 2.45) is 5.92 Å². The molecule has 0 spiro atoms. The Labute approximate surface area is 141 Å². The van der Waals surface area contributed by atoms with E-state index >= 15 is 0 Å². The molecule has 2 aliphatic rings. The first-order chi connectivity index (χ1) is 11.8. The minimum atomic E-state index is -4.78. The number of nitrogens with zero attached hydrogens (tertiary/aromatic N) is 2. The molecule has 2 fully saturated rings. The lowest BCUT2D eigenvalue weighted by atomic mass is 10.0. The molecule has 4 rings (SSSR count). The van der Waals surface area contributed by atoms with Gasteiger partial charge in [0.05, 0.1) is 5.52 Å². The van der Waals surface area contributed by atoms with Crippen LogP contribution in [0.1, 0.15) is 23.3 Å². The van der Waals surface area contributed by atoms with E-state index in [1.807, 2.05) is 0 Å². The number of alkyl halides is 3. The molecule has 1 unspecified atom stereocenters. The Balaban J connectivity index is 1.54. The number of rotatable bonds is 3. The van der Waals surface area contributed by atoms with E-state index in [0.717, 1.165) is 19.4 Å². The molecule has 2 aromatic rings. The van der Waals surface area contributed by atoms with Crippen LogP contribution in [0.3, 0.4) is 0 Å². The number of aromatic amines is 1. The molecule has 0 radical (unpaired) electrons. The lowest BCUT2D eigenvalue weighted by Crippen LogP contribution is -2.44. The average Bonchev–Trinajstić information content (AvgIpc) is 3.18. The smallest absolute Gasteiger partial charge is 0.406 e. The fraction of sp³-hybridized carbons (Fsp3) is 0.500. The fourth-order valence-electron chi connectivity index (χ4n) is 3.95. The summed E-state index contributed by atoms with van der Waals surface area (Å²) in [6, 6.07) is 4.33. The second-order valence-electron chi connectivity index (χ2n) is 6.73. The molecule has 3 atom stereocenters. The second-order valence-corrected chi connectivity index (χ2v) is 6.73. The molecule has 6 nitrogen and oxygen atoms in total. The van der Waals surface area contributed by atoms with Gasteiger partial charge in [0, 0.05) is 24.0 Å². The van der Waals surface area contributed by atoms with Gasteiger partial charge in [0.2, 0.25) is 0 Å². The number of amides is 1. The molecular formula is C16H17F3N4O2. The summed E-state index contributed by atoms with van der Waals surface area (Å²) in [6.45, 7) is 0.945. The van der Waals surface area contributed by atoms with Crippen molar-refractivity contribution in [2.45, 2.75) is 31.3 Å². The number of benzene rings is 1. The highest BCUT2D eigenvalue weighted by Gasteiger charge is 2.43. The van der Waals surface area contributed by atoms with Crippen LogP contribution in [0.4, 0.5) is 13.2 Å². The van der Waals surface area contributed by atoms with E-state index in [9.17, 15) is 18.0 Å². The molecule has 1 amide bonds. The number of fused-ring (bicyclic) bond motifs is 3. The molecule has 1 aromatic carbocycles. The lowest BCUT2D eigenvalue weighted by Gasteiger charge is -2.28. The highest BCUT2D eigenvalue weighted by molar-refractivity contribution is 6.05. The lowest BCUT2D eigenvalue weighted by molar-refractivity contribution is -0.274. The first kappa shape index (κ1) is 16.2. The summed E-state index contributed by atoms with van der Waals surface area (Å²) in [5, 5.41) is 9.92. The van der Waals surface area contributed by atoms with Crippen LogP contribution >= 0.6 is 0 Å². The Morgan fingerprint density at radius 2 is 2.20 bits per heavy atom. The highest BCUT2D eigenvalue weighted by Crippen LogP contribution is 2.37. The van der Waals surface area contributed by atoms with Crippen LogP contribution in [0.2, 0.25) is 0 Å². The van der Waals surface area contributed by atoms with E-state index < -0.39 is 6.36 Å². The molecule has 1 saturated carbocycles. The van der Waals surface area contributed by atoms with Gasteiger partial charge in [0.1, 0.15) is 5.75 Å². The number of ether oxygens (including phenoxy) is 1. The van der Waals surface area contributed by atoms with Crippen LogP contribution in [0.15, 0.2) is 18.2 Å². The van der Waals surface area contributed by atoms with E-state index in [1.165, 1.54) is 18.2 Å². The van der Waals surface area contributed by atoms with Gasteiger partial charge in [0.15, 0.2) is 5.69 Å². The number of halogens is 3. The quantitative estimate of drug-likeness (QED) is 0.887. The molecule has 1 aliphatic carbocycles. The van der Waals surface area contributed by atoms with E-state index in [2.05, 4.69) is 32.2 Å². The third-order valence-corrected chi connectivity index (χ3v) is 5.12. The van der Waals surface area contributed by atoms with E-state index in [-0.39, 0.29) is 23.4 Å². The largest absolute Gasteiger partial charge is 0.573 e. The third kappa shape index (κ3) is 3.04. The Morgan fingerprint density at radius 1 is 1.40 bits per heavy atom. The molecule has 1 aliphatic heterocycles. The van der Waals surface area contributed by atoms with Gasteiger partial charge in [-0.15, -0.1) is 13.2 Å². The van der Waals surface area contributed by atoms with Crippen molar-refractivity contribution >= 4 is 16.8 Å². The molecule has 2 bridgehead atoms. The van der Waals surface area contributed by atoms with Crippen molar-refractivity contribution in [3.8, 4) is 5.75 Å². The van der Waals surface area contributed by atoms with Gasteiger partial charge in [-0.25, -0.2) is 0 Å². The van der Waals surface area contributed by atoms with Crippen LogP contribution in [-0.4, -0.2) is 53.0 Å². The van der Waals surface area contributed by atoms with Gasteiger partial charge >= 0.3 is 6.36 Å². The normalized spacial score (nSPS) is 26.3. The molecule has 2 N–H and O–H groups in total. The molecule has 1 aromatic heterocycles. The molecule has 2 heterocycles. The van der Waals surface area contributed by atoms with Crippen LogP contribution in [0.5, 0.6) is 5.75 Å². The maximum Gasteiger partial charge on any atom is 0.573 e. The average molecular weight is 354 g/mol. The molecule has 9 heteroatoms. The van der Waals surface area contributed by atoms with Crippen LogP contribution < -0.4 is 10.1 Å². The number of likely N-dealkylation sites (tertiary alicyclic amines) is 1. The van der Waals surface area contributed by atoms with Crippen LogP contribution in [0.25, 0.3) is 10.9 Å². The van der Waals surface area contributed by atoms with Gasteiger partial charge in [-0.2, -0.15) is 5.10 Å². The van der Waals surface area contributed by atoms with Gasteiger partial charge < -0.3 is 15.0 Å². The van der Waals surface area contributed by atoms with Crippen molar-refractivity contribution in [1.29, 1.82) is 0 Å². The SMILES string of the molecule is CN1C[C@@H]2CC1C[C@@H]2NC(=O)c1n[nH]c2ccc(OC(F)(F)F)cc12. The van der Waals surface area contributed by atoms with Crippen LogP contribution in [0, 0.1) is 5.92 Å². The van der Waals surface area contributed by atoms with Crippen molar-refractivity contribution in [1.82, 2.24) is 20.4 Å². The van der Waals surface area contributed by atoms with E-state index in [4.69, 9.17) is 0 Å². The van der Waals surface area contributed by atoms with E-state index in [1.54, 1.807) is 0 Å². The second kappa shape index (κ2) is 5.62. The number of nitrogens with one attached hydrogen (secondary N) is 2. The number of carbonyl (C=O) groups is 1. The summed E-state index contributed by atoms with van der Waals surface area (Å²) < 4.78 is 41.1. The number of aromatic nitrogens is 2. The standard InChI is InChI=1S/C16H17F3N4O2/c1-23-7-8-4-9(23)5-13(8)20-15(24)14-11-6-10(25-16(17,18)19)2-3-12(11)21-22-14/h2-3,6,8-9,13H,4-5,7H2,1H3,(H,20,24)(H,21,22)/t8-,9?,13-/m0/s1. The minimum Gasteiger partial charge on any atom is -0.406 e. The zero-order chi connectivity index (χ0) is 17.8. The van der Waals surface area contributed by atoms with Gasteiger partial charge in [-0.05, 0) is 44.0 Å². The molecule has 25 heavy (non-hydrogen) atoms. The van der Waals surface area contributed by atoms with Crippen molar-refractivity contribution in [2.75, 3.05) is 13.6 Å². The topological polar surface area (TPSA) is 70.2 Å². The summed E-state index contributed by atoms with van der Waals surface area (Å²) in [6.07, 6.45) is -2.83. The van der Waals surface area contributed by atoms with Crippen molar-refractivity contribution in [3.63, 3.8) is 0 Å². The van der Waals surface area contributed by atoms with Crippen molar-refractivity contribution in [3.05, 3.63) is 23.9 Å². The minimum absolute atomic E-state index is 0.0788. The summed E-state index contributed by atoms with van der Waals surface area (Å²) in [4.78, 5) is 14.8. The van der Waals surface area contributed by atoms with E-state index in [0.29, 0.717) is 22.9 Å². The van der Waals surface area contributed by atoms with Gasteiger partial charge in [-0.1, -0.05) is 0 Å². The van der Waals surface area contributed by atoms with Crippen LogP contribution in [-0.2, 0) is 0 Å². The summed E-state index contributed by atoms with van der Waals surface area (Å²) in [7, 11) is 2.08. The predicted octanol–water partition coefficient (Wildman–Crippen LogP) is 2.28. The maximum absolute atomic E-state index is 12.6. The number of piperidine rings is 1. The summed E-state index contributed by atoms with van der Waals surface area (Å²) in [5.74, 6) is -0.346. The fourth-order valence-corrected chi connectivity index (χ4v) is 3.95. The molecule has 134 valence electrons. The first-order valence-corrected chi connectivity index (χ1v) is 8.05. The van der Waals surface area contributed by atoms with Crippen molar-refractivity contribution < 1.29 is 22.7 Å². The van der Waals surface area contributed by atoms with Gasteiger partial charge in [0.25, 0.3) is 5.91 Å². The Morgan fingerprint density at radius 3 is 2.84 bits per heavy atom. The number of carbonyl (C=O) groups excluding carboxylic acids is 1. The predicted molar refractivity (Wildman–Crippen MR) is 83.2 cm³/mol.